The zero-order valence-electron chi connectivity index (χ0n) is 10.4. The lowest BCUT2D eigenvalue weighted by atomic mass is 9.95. The van der Waals surface area contributed by atoms with Crippen LogP contribution in [0.5, 0.6) is 0 Å². The second kappa shape index (κ2) is 5.63. The molecule has 0 aliphatic rings. The average Bonchev–Trinajstić information content (AvgIpc) is 2.21. The van der Waals surface area contributed by atoms with Gasteiger partial charge in [0.1, 0.15) is 0 Å². The highest BCUT2D eigenvalue weighted by molar-refractivity contribution is 6.06. The van der Waals surface area contributed by atoms with E-state index in [-0.39, 0.29) is 18.1 Å². The van der Waals surface area contributed by atoms with Gasteiger partial charge in [-0.25, -0.2) is 4.79 Å². The molecule has 1 amide bonds. The van der Waals surface area contributed by atoms with Crippen LogP contribution in [0.4, 0.5) is 0 Å². The maximum atomic E-state index is 11.6. The molecular formula is C11H19NO4. The van der Waals surface area contributed by atoms with Gasteiger partial charge < -0.3 is 10.1 Å². The normalized spacial score (nSPS) is 12.8. The minimum atomic E-state index is -1.19. The van der Waals surface area contributed by atoms with Gasteiger partial charge in [-0.1, -0.05) is 27.7 Å². The van der Waals surface area contributed by atoms with Gasteiger partial charge in [-0.05, 0) is 0 Å². The van der Waals surface area contributed by atoms with Crippen LogP contribution in [-0.2, 0) is 19.1 Å². The van der Waals surface area contributed by atoms with Gasteiger partial charge >= 0.3 is 5.97 Å². The maximum Gasteiger partial charge on any atom is 0.336 e. The molecule has 0 heterocycles. The Labute approximate surface area is 95.5 Å². The second-order valence-corrected chi connectivity index (χ2v) is 4.50. The number of Topliss-reactive ketones (excluding diaryl/α,β-unsaturated/α-hetero) is 1. The molecular weight excluding hydrogens is 210 g/mol. The van der Waals surface area contributed by atoms with Crippen LogP contribution in [0.3, 0.4) is 0 Å². The number of rotatable bonds is 4. The lowest BCUT2D eigenvalue weighted by Gasteiger charge is -2.21. The zero-order valence-corrected chi connectivity index (χ0v) is 10.4. The highest BCUT2D eigenvalue weighted by Crippen LogP contribution is 2.13. The number of ether oxygens (including phenoxy) is 1. The third-order valence-electron chi connectivity index (χ3n) is 2.06. The first-order chi connectivity index (χ1) is 7.23. The van der Waals surface area contributed by atoms with E-state index in [0.29, 0.717) is 0 Å². The molecule has 5 heteroatoms. The lowest BCUT2D eigenvalue weighted by molar-refractivity contribution is -0.149. The summed E-state index contributed by atoms with van der Waals surface area (Å²) < 4.78 is 4.47. The van der Waals surface area contributed by atoms with E-state index in [1.165, 1.54) is 7.11 Å². The van der Waals surface area contributed by atoms with Crippen molar-refractivity contribution in [2.24, 2.45) is 5.41 Å². The summed E-state index contributed by atoms with van der Waals surface area (Å²) in [6.45, 7) is 6.73. The SMILES string of the molecule is CCC(=O)C(NC(=O)C(C)(C)C)C(=O)OC. The predicted octanol–water partition coefficient (Wildman–Crippen LogP) is 0.669. The molecule has 5 nitrogen and oxygen atoms in total. The summed E-state index contributed by atoms with van der Waals surface area (Å²) in [7, 11) is 1.18. The minimum absolute atomic E-state index is 0.171. The van der Waals surface area contributed by atoms with E-state index in [4.69, 9.17) is 0 Å². The van der Waals surface area contributed by atoms with Crippen molar-refractivity contribution >= 4 is 17.7 Å². The quantitative estimate of drug-likeness (QED) is 0.568. The lowest BCUT2D eigenvalue weighted by Crippen LogP contribution is -2.50. The van der Waals surface area contributed by atoms with Crippen molar-refractivity contribution in [3.8, 4) is 0 Å². The van der Waals surface area contributed by atoms with Crippen molar-refractivity contribution in [3.05, 3.63) is 0 Å². The molecule has 1 N–H and O–H groups in total. The predicted molar refractivity (Wildman–Crippen MR) is 58.7 cm³/mol. The molecule has 16 heavy (non-hydrogen) atoms. The first-order valence-corrected chi connectivity index (χ1v) is 5.15. The van der Waals surface area contributed by atoms with Crippen LogP contribution in [0.2, 0.25) is 0 Å². The van der Waals surface area contributed by atoms with E-state index in [1.54, 1.807) is 27.7 Å². The van der Waals surface area contributed by atoms with E-state index in [2.05, 4.69) is 10.1 Å². The van der Waals surface area contributed by atoms with Crippen molar-refractivity contribution < 1.29 is 19.1 Å². The van der Waals surface area contributed by atoms with Gasteiger partial charge in [0.25, 0.3) is 0 Å². The van der Waals surface area contributed by atoms with Crippen molar-refractivity contribution in [2.75, 3.05) is 7.11 Å². The van der Waals surface area contributed by atoms with Gasteiger partial charge in [-0.15, -0.1) is 0 Å². The standard InChI is InChI=1S/C11H19NO4/c1-6-7(13)8(9(14)16-5)12-10(15)11(2,3)4/h8H,6H2,1-5H3,(H,12,15). The number of carbonyl (C=O) groups excluding carboxylic acids is 3. The summed E-state index contributed by atoms with van der Waals surface area (Å²) in [6, 6.07) is -1.19. The van der Waals surface area contributed by atoms with E-state index in [0.717, 1.165) is 0 Å². The van der Waals surface area contributed by atoms with Crippen LogP contribution < -0.4 is 5.32 Å². The van der Waals surface area contributed by atoms with E-state index in [1.807, 2.05) is 0 Å². The third kappa shape index (κ3) is 4.00. The van der Waals surface area contributed by atoms with Crippen molar-refractivity contribution in [1.29, 1.82) is 0 Å². The van der Waals surface area contributed by atoms with Gasteiger partial charge in [0.05, 0.1) is 7.11 Å². The largest absolute Gasteiger partial charge is 0.467 e. The first-order valence-electron chi connectivity index (χ1n) is 5.15. The number of carbonyl (C=O) groups is 3. The van der Waals surface area contributed by atoms with Crippen molar-refractivity contribution in [2.45, 2.75) is 40.2 Å². The van der Waals surface area contributed by atoms with Crippen molar-refractivity contribution in [3.63, 3.8) is 0 Å². The maximum absolute atomic E-state index is 11.6. The molecule has 0 aromatic rings. The summed E-state index contributed by atoms with van der Waals surface area (Å²) in [5, 5.41) is 2.40. The van der Waals surface area contributed by atoms with E-state index in [9.17, 15) is 14.4 Å². The molecule has 0 aliphatic carbocycles. The van der Waals surface area contributed by atoms with Crippen LogP contribution in [0.25, 0.3) is 0 Å². The number of nitrogens with one attached hydrogen (secondary N) is 1. The first kappa shape index (κ1) is 14.6. The Bertz CT molecular complexity index is 275. The summed E-state index contributed by atoms with van der Waals surface area (Å²) in [6.07, 6.45) is 0.171. The fraction of sp³-hybridized carbons (Fsp3) is 0.727. The Morgan fingerprint density at radius 1 is 1.25 bits per heavy atom. The molecule has 0 aliphatic heterocycles. The second-order valence-electron chi connectivity index (χ2n) is 4.50. The molecule has 0 bridgehead atoms. The van der Waals surface area contributed by atoms with Crippen LogP contribution in [0.15, 0.2) is 0 Å². The molecule has 0 fully saturated rings. The van der Waals surface area contributed by atoms with Crippen LogP contribution in [0, 0.1) is 5.41 Å². The summed E-state index contributed by atoms with van der Waals surface area (Å²) in [5.74, 6) is -1.45. The third-order valence-corrected chi connectivity index (χ3v) is 2.06. The van der Waals surface area contributed by atoms with Crippen LogP contribution in [-0.4, -0.2) is 30.8 Å². The number of hydrogen-bond donors (Lipinski definition) is 1. The van der Waals surface area contributed by atoms with Gasteiger partial charge in [0, 0.05) is 11.8 Å². The Morgan fingerprint density at radius 2 is 1.75 bits per heavy atom. The number of amides is 1. The fourth-order valence-electron chi connectivity index (χ4n) is 0.940. The molecule has 1 atom stereocenters. The molecule has 0 aromatic carbocycles. The van der Waals surface area contributed by atoms with Crippen molar-refractivity contribution in [1.82, 2.24) is 5.32 Å². The van der Waals surface area contributed by atoms with Gasteiger partial charge in [0.15, 0.2) is 11.8 Å². The number of ketones is 1. The summed E-state index contributed by atoms with van der Waals surface area (Å²) in [5.41, 5.74) is -0.652. The van der Waals surface area contributed by atoms with Gasteiger partial charge in [0.2, 0.25) is 5.91 Å². The molecule has 1 unspecified atom stereocenters. The Hall–Kier alpha value is -1.39. The van der Waals surface area contributed by atoms with Gasteiger partial charge in [-0.3, -0.25) is 9.59 Å². The highest BCUT2D eigenvalue weighted by atomic mass is 16.5. The van der Waals surface area contributed by atoms with E-state index >= 15 is 0 Å². The Morgan fingerprint density at radius 3 is 2.06 bits per heavy atom. The molecule has 0 rings (SSSR count). The highest BCUT2D eigenvalue weighted by Gasteiger charge is 2.31. The summed E-state index contributed by atoms with van der Waals surface area (Å²) in [4.78, 5) is 34.4. The molecule has 0 radical (unpaired) electrons. The summed E-state index contributed by atoms with van der Waals surface area (Å²) >= 11 is 0. The molecule has 0 saturated heterocycles. The van der Waals surface area contributed by atoms with Crippen LogP contribution in [0.1, 0.15) is 34.1 Å². The molecule has 0 saturated carbocycles. The van der Waals surface area contributed by atoms with Gasteiger partial charge in [-0.2, -0.15) is 0 Å². The smallest absolute Gasteiger partial charge is 0.336 e. The number of methoxy groups -OCH3 is 1. The van der Waals surface area contributed by atoms with Crippen LogP contribution >= 0.6 is 0 Å². The number of hydrogen-bond acceptors (Lipinski definition) is 4. The monoisotopic (exact) mass is 229 g/mol. The fourth-order valence-corrected chi connectivity index (χ4v) is 0.940. The molecule has 0 spiro atoms. The molecule has 0 aromatic heterocycles. The Balaban J connectivity index is 4.76. The average molecular weight is 229 g/mol. The van der Waals surface area contributed by atoms with E-state index < -0.39 is 17.4 Å². The topological polar surface area (TPSA) is 72.5 Å². The molecule has 92 valence electrons. The minimum Gasteiger partial charge on any atom is -0.467 e. The zero-order chi connectivity index (χ0) is 12.9. The Kier molecular flexibility index (Phi) is 5.14. The number of esters is 1.